The normalized spacial score (nSPS) is 12.2. The van der Waals surface area contributed by atoms with Crippen LogP contribution in [0.3, 0.4) is 0 Å². The minimum absolute atomic E-state index is 0.148. The van der Waals surface area contributed by atoms with Crippen LogP contribution in [0.15, 0.2) is 36.9 Å². The maximum Gasteiger partial charge on any atom is 0.313 e. The summed E-state index contributed by atoms with van der Waals surface area (Å²) in [4.78, 5) is 11.9. The average molecular weight is 274 g/mol. The molecule has 0 heterocycles. The van der Waals surface area contributed by atoms with Crippen molar-refractivity contribution in [1.29, 1.82) is 0 Å². The van der Waals surface area contributed by atoms with Crippen LogP contribution >= 0.6 is 0 Å². The summed E-state index contributed by atoms with van der Waals surface area (Å²) in [5, 5.41) is 0. The molecule has 0 amide bonds. The zero-order valence-electron chi connectivity index (χ0n) is 12.9. The molecule has 0 aliphatic heterocycles. The fourth-order valence-electron chi connectivity index (χ4n) is 2.08. The second kappa shape index (κ2) is 8.57. The van der Waals surface area contributed by atoms with Crippen LogP contribution in [0.1, 0.15) is 50.7 Å². The van der Waals surface area contributed by atoms with E-state index < -0.39 is 0 Å². The third-order valence-electron chi connectivity index (χ3n) is 3.27. The number of hydrogen-bond donors (Lipinski definition) is 0. The van der Waals surface area contributed by atoms with Crippen molar-refractivity contribution in [1.82, 2.24) is 0 Å². The number of carbonyl (C=O) groups is 1. The Bertz CT molecular complexity index is 418. The van der Waals surface area contributed by atoms with Gasteiger partial charge in [-0.3, -0.25) is 4.79 Å². The number of esters is 1. The van der Waals surface area contributed by atoms with Crippen molar-refractivity contribution in [3.63, 3.8) is 0 Å². The Morgan fingerprint density at radius 1 is 1.25 bits per heavy atom. The summed E-state index contributed by atoms with van der Waals surface area (Å²) >= 11 is 0. The second-order valence-electron chi connectivity index (χ2n) is 5.66. The van der Waals surface area contributed by atoms with Gasteiger partial charge in [0.1, 0.15) is 0 Å². The highest BCUT2D eigenvalue weighted by atomic mass is 16.5. The lowest BCUT2D eigenvalue weighted by molar-refractivity contribution is -0.145. The smallest absolute Gasteiger partial charge is 0.313 e. The molecule has 1 aromatic carbocycles. The predicted octanol–water partition coefficient (Wildman–Crippen LogP) is 4.50. The van der Waals surface area contributed by atoms with E-state index in [-0.39, 0.29) is 11.9 Å². The molecule has 0 bridgehead atoms. The van der Waals surface area contributed by atoms with E-state index in [0.717, 1.165) is 24.8 Å². The van der Waals surface area contributed by atoms with Crippen LogP contribution in [-0.2, 0) is 16.0 Å². The van der Waals surface area contributed by atoms with Gasteiger partial charge in [-0.15, -0.1) is 6.58 Å². The first-order valence-corrected chi connectivity index (χ1v) is 7.41. The van der Waals surface area contributed by atoms with Gasteiger partial charge in [0, 0.05) is 0 Å². The van der Waals surface area contributed by atoms with Crippen LogP contribution in [0.5, 0.6) is 0 Å². The summed E-state index contributed by atoms with van der Waals surface area (Å²) in [6.45, 7) is 10.4. The third-order valence-corrected chi connectivity index (χ3v) is 3.27. The molecule has 0 radical (unpaired) electrons. The first-order chi connectivity index (χ1) is 9.54. The quantitative estimate of drug-likeness (QED) is 0.396. The van der Waals surface area contributed by atoms with Crippen molar-refractivity contribution in [2.45, 2.75) is 46.0 Å². The number of carbonyl (C=O) groups excluding carboxylic acids is 1. The molecule has 0 fully saturated rings. The second-order valence-corrected chi connectivity index (χ2v) is 5.66. The number of ether oxygens (including phenoxy) is 1. The standard InChI is InChI=1S/C18H26O2/c1-5-6-7-12-20-18(19)15(4)17-10-8-16(9-11-17)13-14(2)3/h5,8-11,14-15H,1,6-7,12-13H2,2-4H3. The van der Waals surface area contributed by atoms with E-state index in [4.69, 9.17) is 4.74 Å². The number of hydrogen-bond acceptors (Lipinski definition) is 2. The Kier molecular flexibility index (Phi) is 7.06. The lowest BCUT2D eigenvalue weighted by Gasteiger charge is -2.12. The summed E-state index contributed by atoms with van der Waals surface area (Å²) in [5.74, 6) is 0.297. The van der Waals surface area contributed by atoms with Gasteiger partial charge in [-0.05, 0) is 43.2 Å². The van der Waals surface area contributed by atoms with E-state index >= 15 is 0 Å². The van der Waals surface area contributed by atoms with Crippen LogP contribution in [0.25, 0.3) is 0 Å². The van der Waals surface area contributed by atoms with E-state index in [1.54, 1.807) is 0 Å². The molecule has 1 unspecified atom stereocenters. The van der Waals surface area contributed by atoms with E-state index in [9.17, 15) is 4.79 Å². The Balaban J connectivity index is 2.51. The first kappa shape index (κ1) is 16.5. The van der Waals surface area contributed by atoms with Crippen molar-refractivity contribution in [2.24, 2.45) is 5.92 Å². The maximum absolute atomic E-state index is 11.9. The Morgan fingerprint density at radius 3 is 2.45 bits per heavy atom. The summed E-state index contributed by atoms with van der Waals surface area (Å²) in [6, 6.07) is 8.29. The summed E-state index contributed by atoms with van der Waals surface area (Å²) < 4.78 is 5.27. The van der Waals surface area contributed by atoms with Crippen LogP contribution in [0.4, 0.5) is 0 Å². The number of unbranched alkanes of at least 4 members (excludes halogenated alkanes) is 1. The van der Waals surface area contributed by atoms with E-state index in [1.807, 2.05) is 25.1 Å². The van der Waals surface area contributed by atoms with E-state index in [1.165, 1.54) is 5.56 Å². The van der Waals surface area contributed by atoms with E-state index in [2.05, 4.69) is 32.6 Å². The van der Waals surface area contributed by atoms with Gasteiger partial charge in [0.15, 0.2) is 0 Å². The Labute approximate surface area is 122 Å². The minimum Gasteiger partial charge on any atom is -0.465 e. The summed E-state index contributed by atoms with van der Waals surface area (Å²) in [6.07, 6.45) is 4.63. The van der Waals surface area contributed by atoms with Crippen molar-refractivity contribution >= 4 is 5.97 Å². The van der Waals surface area contributed by atoms with Gasteiger partial charge >= 0.3 is 5.97 Å². The average Bonchev–Trinajstić information content (AvgIpc) is 2.43. The molecule has 0 aliphatic carbocycles. The minimum atomic E-state index is -0.202. The zero-order chi connectivity index (χ0) is 15.0. The summed E-state index contributed by atoms with van der Waals surface area (Å²) in [7, 11) is 0. The van der Waals surface area contributed by atoms with Gasteiger partial charge in [0.05, 0.1) is 12.5 Å². The van der Waals surface area contributed by atoms with Crippen LogP contribution < -0.4 is 0 Å². The van der Waals surface area contributed by atoms with Crippen molar-refractivity contribution in [2.75, 3.05) is 6.61 Å². The van der Waals surface area contributed by atoms with Crippen molar-refractivity contribution < 1.29 is 9.53 Å². The molecule has 0 aromatic heterocycles. The first-order valence-electron chi connectivity index (χ1n) is 7.41. The molecule has 0 N–H and O–H groups in total. The van der Waals surface area contributed by atoms with Gasteiger partial charge in [0.2, 0.25) is 0 Å². The maximum atomic E-state index is 11.9. The van der Waals surface area contributed by atoms with Crippen molar-refractivity contribution in [3.05, 3.63) is 48.0 Å². The van der Waals surface area contributed by atoms with Gasteiger partial charge in [-0.1, -0.05) is 44.2 Å². The fraction of sp³-hybridized carbons (Fsp3) is 0.500. The molecule has 1 atom stereocenters. The lowest BCUT2D eigenvalue weighted by atomic mass is 9.97. The van der Waals surface area contributed by atoms with Gasteiger partial charge in [0.25, 0.3) is 0 Å². The highest BCUT2D eigenvalue weighted by Crippen LogP contribution is 2.19. The molecule has 0 saturated heterocycles. The molecule has 0 spiro atoms. The number of rotatable bonds is 8. The topological polar surface area (TPSA) is 26.3 Å². The molecule has 1 rings (SSSR count). The van der Waals surface area contributed by atoms with Crippen LogP contribution in [-0.4, -0.2) is 12.6 Å². The largest absolute Gasteiger partial charge is 0.465 e. The van der Waals surface area contributed by atoms with Gasteiger partial charge < -0.3 is 4.74 Å². The van der Waals surface area contributed by atoms with Crippen LogP contribution in [0, 0.1) is 5.92 Å². The molecule has 0 saturated carbocycles. The molecule has 20 heavy (non-hydrogen) atoms. The molecule has 0 aliphatic rings. The molecule has 2 heteroatoms. The van der Waals surface area contributed by atoms with Crippen LogP contribution in [0.2, 0.25) is 0 Å². The van der Waals surface area contributed by atoms with Gasteiger partial charge in [-0.2, -0.15) is 0 Å². The third kappa shape index (κ3) is 5.60. The predicted molar refractivity (Wildman–Crippen MR) is 83.8 cm³/mol. The Morgan fingerprint density at radius 2 is 1.90 bits per heavy atom. The Hall–Kier alpha value is -1.57. The molecular weight excluding hydrogens is 248 g/mol. The molecule has 2 nitrogen and oxygen atoms in total. The molecule has 110 valence electrons. The van der Waals surface area contributed by atoms with Gasteiger partial charge in [-0.25, -0.2) is 0 Å². The highest BCUT2D eigenvalue weighted by Gasteiger charge is 2.16. The number of benzene rings is 1. The lowest BCUT2D eigenvalue weighted by Crippen LogP contribution is -2.14. The SMILES string of the molecule is C=CCCCOC(=O)C(C)c1ccc(CC(C)C)cc1. The number of allylic oxidation sites excluding steroid dienone is 1. The molecule has 1 aromatic rings. The zero-order valence-corrected chi connectivity index (χ0v) is 12.9. The summed E-state index contributed by atoms with van der Waals surface area (Å²) in [5.41, 5.74) is 2.33. The fourth-order valence-corrected chi connectivity index (χ4v) is 2.08. The van der Waals surface area contributed by atoms with Crippen molar-refractivity contribution in [3.8, 4) is 0 Å². The monoisotopic (exact) mass is 274 g/mol. The van der Waals surface area contributed by atoms with E-state index in [0.29, 0.717) is 12.5 Å². The highest BCUT2D eigenvalue weighted by molar-refractivity contribution is 5.77. The molecular formula is C18H26O2.